The molecule has 2 bridgehead atoms. The maximum Gasteiger partial charge on any atom is 0.183 e. The minimum Gasteiger partial charge on any atom is -0.399 e. The van der Waals surface area contributed by atoms with Crippen LogP contribution in [0.4, 0.5) is 5.69 Å². The van der Waals surface area contributed by atoms with Crippen LogP contribution in [0.5, 0.6) is 0 Å². The third kappa shape index (κ3) is 1.80. The Morgan fingerprint density at radius 1 is 1.25 bits per heavy atom. The number of hydrogen-bond acceptors (Lipinski definition) is 4. The van der Waals surface area contributed by atoms with Gasteiger partial charge in [-0.05, 0) is 59.7 Å². The van der Waals surface area contributed by atoms with Crippen molar-refractivity contribution >= 4 is 17.3 Å². The molecule has 3 atom stereocenters. The molecule has 2 aromatic rings. The molecule has 1 heterocycles. The molecule has 0 aliphatic heterocycles. The first kappa shape index (κ1) is 12.1. The first-order valence-electron chi connectivity index (χ1n) is 7.05. The van der Waals surface area contributed by atoms with Crippen molar-refractivity contribution in [1.29, 1.82) is 0 Å². The second kappa shape index (κ2) is 4.45. The molecule has 6 heteroatoms. The number of anilines is 1. The molecule has 2 fully saturated rings. The standard InChI is InChI=1S/C14H16ClN5/c15-12-4-3-10(16)7-11(12)14-17-18-19-20(14)13-6-8-1-2-9(13)5-8/h3-4,7-9,13H,1-2,5-6,16H2. The number of tetrazole rings is 1. The Morgan fingerprint density at radius 3 is 2.90 bits per heavy atom. The largest absolute Gasteiger partial charge is 0.399 e. The molecule has 3 unspecified atom stereocenters. The van der Waals surface area contributed by atoms with E-state index in [-0.39, 0.29) is 0 Å². The lowest BCUT2D eigenvalue weighted by molar-refractivity contribution is 0.304. The third-order valence-electron chi connectivity index (χ3n) is 4.74. The number of fused-ring (bicyclic) bond motifs is 2. The summed E-state index contributed by atoms with van der Waals surface area (Å²) >= 11 is 6.28. The van der Waals surface area contributed by atoms with Gasteiger partial charge in [-0.1, -0.05) is 18.0 Å². The Labute approximate surface area is 122 Å². The summed E-state index contributed by atoms with van der Waals surface area (Å²) in [6.45, 7) is 0. The molecular weight excluding hydrogens is 274 g/mol. The molecule has 0 radical (unpaired) electrons. The Morgan fingerprint density at radius 2 is 2.15 bits per heavy atom. The van der Waals surface area contributed by atoms with Gasteiger partial charge in [0.1, 0.15) is 0 Å². The van der Waals surface area contributed by atoms with Crippen molar-refractivity contribution in [3.8, 4) is 11.4 Å². The Kier molecular flexibility index (Phi) is 2.70. The molecule has 5 nitrogen and oxygen atoms in total. The van der Waals surface area contributed by atoms with Crippen LogP contribution in [0, 0.1) is 11.8 Å². The molecule has 104 valence electrons. The number of nitrogens with zero attached hydrogens (tertiary/aromatic N) is 4. The summed E-state index contributed by atoms with van der Waals surface area (Å²) in [5, 5.41) is 12.9. The van der Waals surface area contributed by atoms with Gasteiger partial charge in [-0.3, -0.25) is 0 Å². The summed E-state index contributed by atoms with van der Waals surface area (Å²) in [5.41, 5.74) is 7.35. The van der Waals surface area contributed by atoms with E-state index in [1.165, 1.54) is 25.7 Å². The van der Waals surface area contributed by atoms with Crippen molar-refractivity contribution in [3.63, 3.8) is 0 Å². The van der Waals surface area contributed by atoms with Crippen molar-refractivity contribution in [3.05, 3.63) is 23.2 Å². The summed E-state index contributed by atoms with van der Waals surface area (Å²) in [4.78, 5) is 0. The predicted octanol–water partition coefficient (Wildman–Crippen LogP) is 2.94. The zero-order valence-corrected chi connectivity index (χ0v) is 11.8. The number of hydrogen-bond donors (Lipinski definition) is 1. The van der Waals surface area contributed by atoms with E-state index in [9.17, 15) is 0 Å². The average Bonchev–Trinajstić information content (AvgIpc) is 3.15. The van der Waals surface area contributed by atoms with E-state index < -0.39 is 0 Å². The highest BCUT2D eigenvalue weighted by atomic mass is 35.5. The number of aromatic nitrogens is 4. The lowest BCUT2D eigenvalue weighted by Gasteiger charge is -2.22. The lowest BCUT2D eigenvalue weighted by Crippen LogP contribution is -2.18. The quantitative estimate of drug-likeness (QED) is 0.863. The van der Waals surface area contributed by atoms with Crippen molar-refractivity contribution in [2.24, 2.45) is 11.8 Å². The van der Waals surface area contributed by atoms with Gasteiger partial charge in [0.2, 0.25) is 0 Å². The zero-order chi connectivity index (χ0) is 13.7. The fraction of sp³-hybridized carbons (Fsp3) is 0.500. The second-order valence-corrected chi connectivity index (χ2v) is 6.34. The fourth-order valence-electron chi connectivity index (χ4n) is 3.82. The van der Waals surface area contributed by atoms with E-state index in [4.69, 9.17) is 17.3 Å². The average molecular weight is 290 g/mol. The number of halogens is 1. The van der Waals surface area contributed by atoms with E-state index in [1.54, 1.807) is 12.1 Å². The molecule has 2 aliphatic carbocycles. The van der Waals surface area contributed by atoms with Crippen molar-refractivity contribution in [2.45, 2.75) is 31.7 Å². The Hall–Kier alpha value is -1.62. The van der Waals surface area contributed by atoms with Crippen LogP contribution < -0.4 is 5.73 Å². The highest BCUT2D eigenvalue weighted by Gasteiger charge is 2.42. The molecule has 2 aliphatic rings. The van der Waals surface area contributed by atoms with Crippen molar-refractivity contribution in [1.82, 2.24) is 20.2 Å². The van der Waals surface area contributed by atoms with Crippen LogP contribution in [0.3, 0.4) is 0 Å². The summed E-state index contributed by atoms with van der Waals surface area (Å²) in [7, 11) is 0. The molecule has 4 rings (SSSR count). The van der Waals surface area contributed by atoms with E-state index in [0.29, 0.717) is 22.7 Å². The summed E-state index contributed by atoms with van der Waals surface area (Å²) in [6.07, 6.45) is 5.15. The van der Waals surface area contributed by atoms with Crippen molar-refractivity contribution in [2.75, 3.05) is 5.73 Å². The minimum absolute atomic E-state index is 0.413. The second-order valence-electron chi connectivity index (χ2n) is 5.93. The van der Waals surface area contributed by atoms with E-state index >= 15 is 0 Å². The molecule has 1 aromatic carbocycles. The molecule has 0 saturated heterocycles. The smallest absolute Gasteiger partial charge is 0.183 e. The minimum atomic E-state index is 0.413. The fourth-order valence-corrected chi connectivity index (χ4v) is 4.02. The van der Waals surface area contributed by atoms with E-state index in [2.05, 4.69) is 15.5 Å². The SMILES string of the molecule is Nc1ccc(Cl)c(-c2nnnn2C2CC3CCC2C3)c1. The monoisotopic (exact) mass is 289 g/mol. The Balaban J connectivity index is 1.77. The first-order chi connectivity index (χ1) is 9.72. The van der Waals surface area contributed by atoms with Crippen LogP contribution in [0.25, 0.3) is 11.4 Å². The number of nitrogen functional groups attached to an aromatic ring is 1. The number of benzene rings is 1. The summed E-state index contributed by atoms with van der Waals surface area (Å²) in [6, 6.07) is 5.85. The van der Waals surface area contributed by atoms with E-state index in [0.717, 1.165) is 17.3 Å². The van der Waals surface area contributed by atoms with Crippen LogP contribution in [-0.4, -0.2) is 20.2 Å². The van der Waals surface area contributed by atoms with Gasteiger partial charge < -0.3 is 5.73 Å². The van der Waals surface area contributed by atoms with Crippen LogP contribution >= 0.6 is 11.6 Å². The van der Waals surface area contributed by atoms with Crippen LogP contribution in [0.2, 0.25) is 5.02 Å². The van der Waals surface area contributed by atoms with Crippen LogP contribution in [0.1, 0.15) is 31.7 Å². The normalized spacial score (nSPS) is 28.1. The van der Waals surface area contributed by atoms with Gasteiger partial charge >= 0.3 is 0 Å². The molecule has 2 N–H and O–H groups in total. The molecule has 1 aromatic heterocycles. The lowest BCUT2D eigenvalue weighted by atomic mass is 9.95. The van der Waals surface area contributed by atoms with Gasteiger partial charge in [0.15, 0.2) is 5.82 Å². The maximum atomic E-state index is 6.28. The molecule has 2 saturated carbocycles. The maximum absolute atomic E-state index is 6.28. The van der Waals surface area contributed by atoms with Gasteiger partial charge in [-0.15, -0.1) is 5.10 Å². The molecule has 0 spiro atoms. The number of nitrogens with two attached hydrogens (primary N) is 1. The highest BCUT2D eigenvalue weighted by Crippen LogP contribution is 2.51. The molecular formula is C14H16ClN5. The van der Waals surface area contributed by atoms with Gasteiger partial charge in [0, 0.05) is 11.3 Å². The highest BCUT2D eigenvalue weighted by molar-refractivity contribution is 6.33. The number of rotatable bonds is 2. The molecule has 0 amide bonds. The van der Waals surface area contributed by atoms with Crippen molar-refractivity contribution < 1.29 is 0 Å². The Bertz CT molecular complexity index is 653. The van der Waals surface area contributed by atoms with Crippen LogP contribution in [-0.2, 0) is 0 Å². The van der Waals surface area contributed by atoms with Gasteiger partial charge in [0.25, 0.3) is 0 Å². The zero-order valence-electron chi connectivity index (χ0n) is 11.0. The third-order valence-corrected chi connectivity index (χ3v) is 5.07. The van der Waals surface area contributed by atoms with E-state index in [1.807, 2.05) is 10.7 Å². The first-order valence-corrected chi connectivity index (χ1v) is 7.43. The summed E-state index contributed by atoms with van der Waals surface area (Å²) < 4.78 is 1.96. The van der Waals surface area contributed by atoms with Gasteiger partial charge in [-0.2, -0.15) is 0 Å². The van der Waals surface area contributed by atoms with Gasteiger partial charge in [-0.25, -0.2) is 4.68 Å². The molecule has 20 heavy (non-hydrogen) atoms. The van der Waals surface area contributed by atoms with Gasteiger partial charge in [0.05, 0.1) is 11.1 Å². The van der Waals surface area contributed by atoms with Crippen LogP contribution in [0.15, 0.2) is 18.2 Å². The summed E-state index contributed by atoms with van der Waals surface area (Å²) in [5.74, 6) is 2.29. The topological polar surface area (TPSA) is 69.6 Å². The predicted molar refractivity (Wildman–Crippen MR) is 77.2 cm³/mol.